The zero-order valence-electron chi connectivity index (χ0n) is 10.8. The third kappa shape index (κ3) is 2.39. The summed E-state index contributed by atoms with van der Waals surface area (Å²) in [4.78, 5) is 16.0. The van der Waals surface area contributed by atoms with Crippen molar-refractivity contribution in [1.82, 2.24) is 4.90 Å². The van der Waals surface area contributed by atoms with Gasteiger partial charge in [0, 0.05) is 30.8 Å². The molecule has 4 nitrogen and oxygen atoms in total. The first-order valence-corrected chi connectivity index (χ1v) is 7.72. The minimum absolute atomic E-state index is 0.0580. The van der Waals surface area contributed by atoms with Crippen molar-refractivity contribution in [3.05, 3.63) is 21.9 Å². The zero-order valence-corrected chi connectivity index (χ0v) is 11.7. The van der Waals surface area contributed by atoms with E-state index in [2.05, 4.69) is 16.6 Å². The van der Waals surface area contributed by atoms with Gasteiger partial charge in [-0.05, 0) is 36.3 Å². The number of carbonyl (C=O) groups is 1. The van der Waals surface area contributed by atoms with E-state index in [-0.39, 0.29) is 11.8 Å². The Morgan fingerprint density at radius 3 is 2.89 bits per heavy atom. The molecule has 1 aliphatic carbocycles. The van der Waals surface area contributed by atoms with Gasteiger partial charge in [0.25, 0.3) is 0 Å². The fraction of sp³-hybridized carbons (Fsp3) is 0.571. The largest absolute Gasteiger partial charge is 0.411 e. The van der Waals surface area contributed by atoms with Crippen molar-refractivity contribution in [2.24, 2.45) is 5.16 Å². The molecule has 19 heavy (non-hydrogen) atoms. The van der Waals surface area contributed by atoms with Gasteiger partial charge >= 0.3 is 0 Å². The minimum Gasteiger partial charge on any atom is -0.411 e. The highest BCUT2D eigenvalue weighted by molar-refractivity contribution is 7.10. The molecule has 3 rings (SSSR count). The summed E-state index contributed by atoms with van der Waals surface area (Å²) in [6.07, 6.45) is 4.61. The summed E-state index contributed by atoms with van der Waals surface area (Å²) in [5, 5.41) is 14.1. The molecule has 1 fully saturated rings. The van der Waals surface area contributed by atoms with Crippen molar-refractivity contribution in [3.63, 3.8) is 0 Å². The molecule has 5 heteroatoms. The lowest BCUT2D eigenvalue weighted by atomic mass is 9.86. The molecule has 2 heterocycles. The highest BCUT2D eigenvalue weighted by Crippen LogP contribution is 2.36. The van der Waals surface area contributed by atoms with Crippen LogP contribution in [-0.4, -0.2) is 34.8 Å². The predicted octanol–water partition coefficient (Wildman–Crippen LogP) is 2.62. The third-order valence-corrected chi connectivity index (χ3v) is 5.14. The van der Waals surface area contributed by atoms with Crippen LogP contribution in [0.5, 0.6) is 0 Å². The number of amides is 1. The second-order valence-corrected chi connectivity index (χ2v) is 6.24. The fourth-order valence-corrected chi connectivity index (χ4v) is 4.04. The number of hydrogen-bond acceptors (Lipinski definition) is 4. The van der Waals surface area contributed by atoms with Crippen LogP contribution in [0.15, 0.2) is 16.6 Å². The van der Waals surface area contributed by atoms with Crippen molar-refractivity contribution in [3.8, 4) is 0 Å². The first-order valence-electron chi connectivity index (χ1n) is 6.84. The number of oxime groups is 1. The number of likely N-dealkylation sites (tertiary alicyclic amines) is 1. The number of hydrogen-bond donors (Lipinski definition) is 1. The maximum Gasteiger partial charge on any atom is 0.230 e. The third-order valence-electron chi connectivity index (χ3n) is 4.14. The monoisotopic (exact) mass is 278 g/mol. The molecule has 0 bridgehead atoms. The molecule has 0 spiro atoms. The number of rotatable bonds is 1. The van der Waals surface area contributed by atoms with Gasteiger partial charge in [-0.15, -0.1) is 11.3 Å². The molecule has 1 amide bonds. The molecule has 1 unspecified atom stereocenters. The second kappa shape index (κ2) is 5.33. The predicted molar refractivity (Wildman–Crippen MR) is 75.0 cm³/mol. The lowest BCUT2D eigenvalue weighted by molar-refractivity contribution is -0.133. The van der Waals surface area contributed by atoms with Crippen LogP contribution in [-0.2, 0) is 11.2 Å². The van der Waals surface area contributed by atoms with E-state index in [1.54, 1.807) is 11.3 Å². The molecule has 1 aromatic rings. The first-order chi connectivity index (χ1) is 9.29. The van der Waals surface area contributed by atoms with E-state index >= 15 is 0 Å². The summed E-state index contributed by atoms with van der Waals surface area (Å²) in [5.74, 6) is 0.318. The molecule has 0 saturated carbocycles. The SMILES string of the molecule is O=C(C1CCCc2sccc21)N1CCC(=NO)CC1. The van der Waals surface area contributed by atoms with Crippen molar-refractivity contribution in [2.75, 3.05) is 13.1 Å². The summed E-state index contributed by atoms with van der Waals surface area (Å²) in [6, 6.07) is 2.12. The average Bonchev–Trinajstić information content (AvgIpc) is 2.95. The van der Waals surface area contributed by atoms with Gasteiger partial charge in [-0.3, -0.25) is 4.79 Å². The lowest BCUT2D eigenvalue weighted by Gasteiger charge is -2.32. The van der Waals surface area contributed by atoms with Gasteiger partial charge in [0.15, 0.2) is 0 Å². The molecule has 1 aromatic heterocycles. The van der Waals surface area contributed by atoms with Crippen LogP contribution < -0.4 is 0 Å². The van der Waals surface area contributed by atoms with Crippen molar-refractivity contribution < 1.29 is 10.0 Å². The Kier molecular flexibility index (Phi) is 3.55. The van der Waals surface area contributed by atoms with E-state index in [0.717, 1.165) is 25.0 Å². The van der Waals surface area contributed by atoms with Crippen molar-refractivity contribution >= 4 is 23.0 Å². The average molecular weight is 278 g/mol. The minimum atomic E-state index is 0.0580. The number of piperidine rings is 1. The molecular formula is C14H18N2O2S. The normalized spacial score (nSPS) is 23.1. The van der Waals surface area contributed by atoms with Gasteiger partial charge in [0.05, 0.1) is 11.6 Å². The van der Waals surface area contributed by atoms with E-state index in [0.29, 0.717) is 25.9 Å². The highest BCUT2D eigenvalue weighted by atomic mass is 32.1. The summed E-state index contributed by atoms with van der Waals surface area (Å²) in [5.41, 5.74) is 2.06. The van der Waals surface area contributed by atoms with E-state index in [4.69, 9.17) is 5.21 Å². The van der Waals surface area contributed by atoms with Crippen molar-refractivity contribution in [2.45, 2.75) is 38.0 Å². The topological polar surface area (TPSA) is 52.9 Å². The molecule has 102 valence electrons. The van der Waals surface area contributed by atoms with Crippen LogP contribution in [0.1, 0.15) is 42.0 Å². The second-order valence-electron chi connectivity index (χ2n) is 5.24. The Hall–Kier alpha value is -1.36. The van der Waals surface area contributed by atoms with Gasteiger partial charge in [-0.1, -0.05) is 5.16 Å². The number of aryl methyl sites for hydroxylation is 1. The Balaban J connectivity index is 1.72. The molecule has 0 aromatic carbocycles. The van der Waals surface area contributed by atoms with Crippen molar-refractivity contribution in [1.29, 1.82) is 0 Å². The van der Waals surface area contributed by atoms with E-state index in [1.165, 1.54) is 10.4 Å². The number of nitrogens with zero attached hydrogens (tertiary/aromatic N) is 2. The maximum absolute atomic E-state index is 12.6. The Morgan fingerprint density at radius 1 is 1.37 bits per heavy atom. The Labute approximate surface area is 116 Å². The van der Waals surface area contributed by atoms with E-state index < -0.39 is 0 Å². The molecule has 0 radical (unpaired) electrons. The quantitative estimate of drug-likeness (QED) is 0.634. The van der Waals surface area contributed by atoms with Crippen LogP contribution in [0.3, 0.4) is 0 Å². The molecular weight excluding hydrogens is 260 g/mol. The van der Waals surface area contributed by atoms with E-state index in [1.807, 2.05) is 4.90 Å². The van der Waals surface area contributed by atoms with E-state index in [9.17, 15) is 4.79 Å². The van der Waals surface area contributed by atoms with Crippen LogP contribution in [0.2, 0.25) is 0 Å². The molecule has 1 atom stereocenters. The van der Waals surface area contributed by atoms with Gasteiger partial charge in [-0.25, -0.2) is 0 Å². The van der Waals surface area contributed by atoms with Crippen LogP contribution in [0.25, 0.3) is 0 Å². The van der Waals surface area contributed by atoms with Crippen LogP contribution in [0, 0.1) is 0 Å². The molecule has 2 aliphatic rings. The fourth-order valence-electron chi connectivity index (χ4n) is 3.05. The smallest absolute Gasteiger partial charge is 0.230 e. The summed E-state index contributed by atoms with van der Waals surface area (Å²) >= 11 is 1.77. The molecule has 1 aliphatic heterocycles. The van der Waals surface area contributed by atoms with Gasteiger partial charge in [0.1, 0.15) is 0 Å². The Bertz CT molecular complexity index is 499. The van der Waals surface area contributed by atoms with Gasteiger partial charge in [-0.2, -0.15) is 0 Å². The van der Waals surface area contributed by atoms with Crippen LogP contribution in [0.4, 0.5) is 0 Å². The maximum atomic E-state index is 12.6. The van der Waals surface area contributed by atoms with Gasteiger partial charge in [0.2, 0.25) is 5.91 Å². The van der Waals surface area contributed by atoms with Crippen LogP contribution >= 0.6 is 11.3 Å². The molecule has 1 N–H and O–H groups in total. The zero-order chi connectivity index (χ0) is 13.2. The van der Waals surface area contributed by atoms with Gasteiger partial charge < -0.3 is 10.1 Å². The number of carbonyl (C=O) groups excluding carboxylic acids is 1. The Morgan fingerprint density at radius 2 is 2.16 bits per heavy atom. The number of thiophene rings is 1. The first kappa shape index (κ1) is 12.7. The summed E-state index contributed by atoms with van der Waals surface area (Å²) < 4.78 is 0. The lowest BCUT2D eigenvalue weighted by Crippen LogP contribution is -2.41. The summed E-state index contributed by atoms with van der Waals surface area (Å²) in [7, 11) is 0. The molecule has 1 saturated heterocycles. The highest BCUT2D eigenvalue weighted by Gasteiger charge is 2.31. The summed E-state index contributed by atoms with van der Waals surface area (Å²) in [6.45, 7) is 1.38. The standard InChI is InChI=1S/C14H18N2O2S/c17-14(16-7-4-10(15-18)5-8-16)12-2-1-3-13-11(12)6-9-19-13/h6,9,12,18H,1-5,7-8H2. The number of fused-ring (bicyclic) bond motifs is 1.